The van der Waals surface area contributed by atoms with Gasteiger partial charge in [-0.15, -0.1) is 0 Å². The van der Waals surface area contributed by atoms with Crippen LogP contribution in [0.25, 0.3) is 0 Å². The normalized spacial score (nSPS) is 21.3. The number of benzene rings is 1. The smallest absolute Gasteiger partial charge is 0.410 e. The van der Waals surface area contributed by atoms with Crippen molar-refractivity contribution in [3.05, 3.63) is 34.9 Å². The first-order valence-electron chi connectivity index (χ1n) is 8.26. The number of amides is 1. The Kier molecular flexibility index (Phi) is 5.93. The summed E-state index contributed by atoms with van der Waals surface area (Å²) in [7, 11) is 0. The minimum atomic E-state index is -0.502. The predicted octanol–water partition coefficient (Wildman–Crippen LogP) is 4.00. The molecule has 0 aliphatic heterocycles. The van der Waals surface area contributed by atoms with Crippen LogP contribution in [-0.4, -0.2) is 35.2 Å². The lowest BCUT2D eigenvalue weighted by molar-refractivity contribution is 0.0154. The molecule has 0 bridgehead atoms. The quantitative estimate of drug-likeness (QED) is 0.902. The average Bonchev–Trinajstić information content (AvgIpc) is 2.85. The van der Waals surface area contributed by atoms with Crippen LogP contribution in [0.3, 0.4) is 0 Å². The number of carbonyl (C=O) groups excluding carboxylic acids is 1. The van der Waals surface area contributed by atoms with Gasteiger partial charge in [-0.3, -0.25) is 0 Å². The third kappa shape index (κ3) is 5.40. The molecule has 0 heterocycles. The van der Waals surface area contributed by atoms with Crippen LogP contribution >= 0.6 is 11.6 Å². The zero-order valence-corrected chi connectivity index (χ0v) is 15.0. The van der Waals surface area contributed by atoms with Gasteiger partial charge in [-0.05, 0) is 64.2 Å². The van der Waals surface area contributed by atoms with E-state index in [0.717, 1.165) is 36.3 Å². The van der Waals surface area contributed by atoms with Gasteiger partial charge in [0.15, 0.2) is 0 Å². The third-order valence-electron chi connectivity index (χ3n) is 4.11. The number of nitrogens with two attached hydrogens (primary N) is 1. The molecule has 2 rings (SSSR count). The van der Waals surface area contributed by atoms with E-state index >= 15 is 0 Å². The largest absolute Gasteiger partial charge is 0.444 e. The summed E-state index contributed by atoms with van der Waals surface area (Å²) < 4.78 is 5.58. The Morgan fingerprint density at radius 2 is 1.96 bits per heavy atom. The maximum Gasteiger partial charge on any atom is 0.410 e. The Hall–Kier alpha value is -1.26. The van der Waals surface area contributed by atoms with Crippen LogP contribution in [0.2, 0.25) is 5.02 Å². The average molecular weight is 339 g/mol. The van der Waals surface area contributed by atoms with Crippen molar-refractivity contribution < 1.29 is 9.53 Å². The van der Waals surface area contributed by atoms with Gasteiger partial charge < -0.3 is 15.4 Å². The first-order valence-corrected chi connectivity index (χ1v) is 8.64. The van der Waals surface area contributed by atoms with Crippen molar-refractivity contribution in [3.8, 4) is 0 Å². The standard InChI is InChI=1S/C18H27ClN2O2/c1-18(2,3)23-17(22)21(16-6-4-5-15(16)20)12-11-13-7-9-14(19)10-8-13/h7-10,15-16H,4-6,11-12,20H2,1-3H3/t15-,16-/m1/s1. The number of ether oxygens (including phenoxy) is 1. The molecule has 0 aromatic heterocycles. The highest BCUT2D eigenvalue weighted by molar-refractivity contribution is 6.30. The molecule has 1 saturated carbocycles. The second kappa shape index (κ2) is 7.54. The number of halogens is 1. The van der Waals surface area contributed by atoms with E-state index in [0.29, 0.717) is 6.54 Å². The van der Waals surface area contributed by atoms with E-state index in [-0.39, 0.29) is 18.2 Å². The molecule has 2 N–H and O–H groups in total. The van der Waals surface area contributed by atoms with Crippen LogP contribution < -0.4 is 5.73 Å². The van der Waals surface area contributed by atoms with E-state index in [1.165, 1.54) is 0 Å². The van der Waals surface area contributed by atoms with Gasteiger partial charge in [0.2, 0.25) is 0 Å². The Labute approximate surface area is 143 Å². The molecule has 1 aliphatic rings. The summed E-state index contributed by atoms with van der Waals surface area (Å²) in [6, 6.07) is 7.82. The summed E-state index contributed by atoms with van der Waals surface area (Å²) in [6.45, 7) is 6.26. The molecule has 0 radical (unpaired) electrons. The van der Waals surface area contributed by atoms with Crippen molar-refractivity contribution in [3.63, 3.8) is 0 Å². The first-order chi connectivity index (χ1) is 10.8. The molecule has 5 heteroatoms. The number of hydrogen-bond acceptors (Lipinski definition) is 3. The summed E-state index contributed by atoms with van der Waals surface area (Å²) >= 11 is 5.92. The summed E-state index contributed by atoms with van der Waals surface area (Å²) in [5.41, 5.74) is 6.85. The van der Waals surface area contributed by atoms with Gasteiger partial charge in [0.05, 0.1) is 6.04 Å². The molecule has 0 spiro atoms. The fourth-order valence-corrected chi connectivity index (χ4v) is 3.10. The molecule has 4 nitrogen and oxygen atoms in total. The molecule has 0 saturated heterocycles. The molecule has 1 fully saturated rings. The van der Waals surface area contributed by atoms with Crippen molar-refractivity contribution in [1.29, 1.82) is 0 Å². The van der Waals surface area contributed by atoms with E-state index in [2.05, 4.69) is 0 Å². The highest BCUT2D eigenvalue weighted by atomic mass is 35.5. The summed E-state index contributed by atoms with van der Waals surface area (Å²) in [5.74, 6) is 0. The Bertz CT molecular complexity index is 525. The van der Waals surface area contributed by atoms with Crippen molar-refractivity contribution in [2.24, 2.45) is 5.73 Å². The van der Waals surface area contributed by atoms with E-state index in [1.807, 2.05) is 49.9 Å². The van der Waals surface area contributed by atoms with Crippen LogP contribution in [0.5, 0.6) is 0 Å². The molecule has 128 valence electrons. The fraction of sp³-hybridized carbons (Fsp3) is 0.611. The highest BCUT2D eigenvalue weighted by Gasteiger charge is 2.34. The molecular weight excluding hydrogens is 312 g/mol. The Balaban J connectivity index is 2.06. The zero-order chi connectivity index (χ0) is 17.0. The van der Waals surface area contributed by atoms with Crippen LogP contribution in [0.4, 0.5) is 4.79 Å². The van der Waals surface area contributed by atoms with Gasteiger partial charge >= 0.3 is 6.09 Å². The lowest BCUT2D eigenvalue weighted by Crippen LogP contribution is -2.50. The molecule has 1 aromatic carbocycles. The summed E-state index contributed by atoms with van der Waals surface area (Å²) in [5, 5.41) is 0.718. The Morgan fingerprint density at radius 3 is 2.48 bits per heavy atom. The molecule has 1 aliphatic carbocycles. The first kappa shape index (κ1) is 18.1. The van der Waals surface area contributed by atoms with Crippen molar-refractivity contribution in [1.82, 2.24) is 4.90 Å². The highest BCUT2D eigenvalue weighted by Crippen LogP contribution is 2.25. The molecule has 1 amide bonds. The zero-order valence-electron chi connectivity index (χ0n) is 14.2. The third-order valence-corrected chi connectivity index (χ3v) is 4.37. The lowest BCUT2D eigenvalue weighted by atomic mass is 10.1. The van der Waals surface area contributed by atoms with Crippen LogP contribution in [0, 0.1) is 0 Å². The van der Waals surface area contributed by atoms with Crippen molar-refractivity contribution in [2.75, 3.05) is 6.54 Å². The number of carbonyl (C=O) groups is 1. The number of rotatable bonds is 4. The summed E-state index contributed by atoms with van der Waals surface area (Å²) in [6.07, 6.45) is 3.46. The van der Waals surface area contributed by atoms with Crippen LogP contribution in [0.1, 0.15) is 45.6 Å². The van der Waals surface area contributed by atoms with Crippen molar-refractivity contribution >= 4 is 17.7 Å². The SMILES string of the molecule is CC(C)(C)OC(=O)N(CCc1ccc(Cl)cc1)[C@@H]1CCC[C@H]1N. The van der Waals surface area contributed by atoms with Gasteiger partial charge in [-0.25, -0.2) is 4.79 Å². The topological polar surface area (TPSA) is 55.6 Å². The number of nitrogens with zero attached hydrogens (tertiary/aromatic N) is 1. The maximum absolute atomic E-state index is 12.6. The molecular formula is C18H27ClN2O2. The van der Waals surface area contributed by atoms with Gasteiger partial charge in [-0.2, -0.15) is 0 Å². The lowest BCUT2D eigenvalue weighted by Gasteiger charge is -2.33. The van der Waals surface area contributed by atoms with Crippen molar-refractivity contribution in [2.45, 2.75) is 64.1 Å². The van der Waals surface area contributed by atoms with Crippen LogP contribution in [-0.2, 0) is 11.2 Å². The molecule has 23 heavy (non-hydrogen) atoms. The van der Waals surface area contributed by atoms with Crippen LogP contribution in [0.15, 0.2) is 24.3 Å². The minimum Gasteiger partial charge on any atom is -0.444 e. The maximum atomic E-state index is 12.6. The molecule has 1 aromatic rings. The van der Waals surface area contributed by atoms with E-state index in [1.54, 1.807) is 0 Å². The van der Waals surface area contributed by atoms with Gasteiger partial charge in [-0.1, -0.05) is 23.7 Å². The van der Waals surface area contributed by atoms with E-state index in [9.17, 15) is 4.79 Å². The monoisotopic (exact) mass is 338 g/mol. The fourth-order valence-electron chi connectivity index (χ4n) is 2.97. The van der Waals surface area contributed by atoms with Gasteiger partial charge in [0.1, 0.15) is 5.60 Å². The second-order valence-electron chi connectivity index (χ2n) is 7.21. The number of hydrogen-bond donors (Lipinski definition) is 1. The van der Waals surface area contributed by atoms with Gasteiger partial charge in [0, 0.05) is 17.6 Å². The minimum absolute atomic E-state index is 0.0349. The van der Waals surface area contributed by atoms with E-state index < -0.39 is 5.60 Å². The summed E-state index contributed by atoms with van der Waals surface area (Å²) in [4.78, 5) is 14.4. The van der Waals surface area contributed by atoms with Gasteiger partial charge in [0.25, 0.3) is 0 Å². The Morgan fingerprint density at radius 1 is 1.30 bits per heavy atom. The predicted molar refractivity (Wildman–Crippen MR) is 93.7 cm³/mol. The molecule has 2 atom stereocenters. The molecule has 0 unspecified atom stereocenters. The van der Waals surface area contributed by atoms with E-state index in [4.69, 9.17) is 22.1 Å². The second-order valence-corrected chi connectivity index (χ2v) is 7.65.